The van der Waals surface area contributed by atoms with E-state index in [4.69, 9.17) is 0 Å². The summed E-state index contributed by atoms with van der Waals surface area (Å²) in [6, 6.07) is 2.19. The van der Waals surface area contributed by atoms with Gasteiger partial charge in [0.05, 0.1) is 11.9 Å². The van der Waals surface area contributed by atoms with Crippen molar-refractivity contribution in [2.24, 2.45) is 0 Å². The molecule has 0 aromatic carbocycles. The fourth-order valence-corrected chi connectivity index (χ4v) is 1.45. The van der Waals surface area contributed by atoms with Crippen LogP contribution in [0.3, 0.4) is 0 Å². The molecule has 2 heteroatoms. The first-order valence-corrected chi connectivity index (χ1v) is 4.94. The molecule has 0 aliphatic rings. The van der Waals surface area contributed by atoms with Gasteiger partial charge in [-0.05, 0) is 31.9 Å². The predicted molar refractivity (Wildman–Crippen MR) is 57.2 cm³/mol. The summed E-state index contributed by atoms with van der Waals surface area (Å²) in [6.07, 6.45) is 5.01. The van der Waals surface area contributed by atoms with Gasteiger partial charge in [0.1, 0.15) is 0 Å². The molecule has 0 bridgehead atoms. The van der Waals surface area contributed by atoms with Crippen molar-refractivity contribution < 1.29 is 0 Å². The molecule has 0 amide bonds. The minimum absolute atomic E-state index is 1.05. The first-order chi connectivity index (χ1) is 6.27. The molecule has 1 aromatic rings. The van der Waals surface area contributed by atoms with E-state index >= 15 is 0 Å². The van der Waals surface area contributed by atoms with Crippen LogP contribution in [0.1, 0.15) is 25.8 Å². The van der Waals surface area contributed by atoms with Gasteiger partial charge in [0.25, 0.3) is 0 Å². The summed E-state index contributed by atoms with van der Waals surface area (Å²) in [5.74, 6) is 0. The third-order valence-electron chi connectivity index (χ3n) is 2.10. The summed E-state index contributed by atoms with van der Waals surface area (Å²) in [4.78, 5) is 6.54. The largest absolute Gasteiger partial charge is 0.371 e. The van der Waals surface area contributed by atoms with Gasteiger partial charge in [0, 0.05) is 19.3 Å². The predicted octanol–water partition coefficient (Wildman–Crippen LogP) is 2.63. The molecule has 72 valence electrons. The Balaban J connectivity index is 2.78. The molecule has 1 aromatic heterocycles. The van der Waals surface area contributed by atoms with Gasteiger partial charge in [-0.25, -0.2) is 0 Å². The van der Waals surface area contributed by atoms with Crippen molar-refractivity contribution in [2.75, 3.05) is 18.0 Å². The summed E-state index contributed by atoms with van der Waals surface area (Å²) in [7, 11) is 0. The molecule has 1 rings (SSSR count). The molecule has 0 saturated heterocycles. The molecule has 0 atom stereocenters. The summed E-state index contributed by atoms with van der Waals surface area (Å²) >= 11 is 0. The Morgan fingerprint density at radius 2 is 2.08 bits per heavy atom. The Hall–Kier alpha value is -1.05. The third kappa shape index (κ3) is 2.72. The Morgan fingerprint density at radius 3 is 2.62 bits per heavy atom. The number of hydrogen-bond acceptors (Lipinski definition) is 2. The van der Waals surface area contributed by atoms with E-state index in [2.05, 4.69) is 36.7 Å². The van der Waals surface area contributed by atoms with E-state index in [1.807, 2.05) is 12.4 Å². The average molecular weight is 178 g/mol. The Labute approximate surface area is 80.6 Å². The van der Waals surface area contributed by atoms with Crippen molar-refractivity contribution in [2.45, 2.75) is 27.2 Å². The van der Waals surface area contributed by atoms with E-state index in [9.17, 15) is 0 Å². The average Bonchev–Trinajstić information content (AvgIpc) is 2.14. The summed E-state index contributed by atoms with van der Waals surface area (Å²) in [6.45, 7) is 8.63. The van der Waals surface area contributed by atoms with Gasteiger partial charge in [-0.1, -0.05) is 6.92 Å². The van der Waals surface area contributed by atoms with Crippen LogP contribution < -0.4 is 4.90 Å². The van der Waals surface area contributed by atoms with Crippen molar-refractivity contribution in [3.05, 3.63) is 24.0 Å². The van der Waals surface area contributed by atoms with Gasteiger partial charge in [0.2, 0.25) is 0 Å². The smallest absolute Gasteiger partial charge is 0.0555 e. The van der Waals surface area contributed by atoms with Crippen LogP contribution in [0.2, 0.25) is 0 Å². The maximum Gasteiger partial charge on any atom is 0.0555 e. The van der Waals surface area contributed by atoms with Gasteiger partial charge < -0.3 is 4.90 Å². The normalized spacial score (nSPS) is 10.1. The fourth-order valence-electron chi connectivity index (χ4n) is 1.45. The van der Waals surface area contributed by atoms with Crippen LogP contribution in [0.5, 0.6) is 0 Å². The molecular formula is C11H18N2. The Bertz CT molecular complexity index is 258. The van der Waals surface area contributed by atoms with Crippen LogP contribution in [0, 0.1) is 6.92 Å². The SMILES string of the molecule is CCCN(CC)c1cncc(C)c1. The van der Waals surface area contributed by atoms with Crippen molar-refractivity contribution in [1.82, 2.24) is 4.98 Å². The summed E-state index contributed by atoms with van der Waals surface area (Å²) in [5, 5.41) is 0. The number of anilines is 1. The molecule has 0 fully saturated rings. The highest BCUT2D eigenvalue weighted by molar-refractivity contribution is 5.45. The lowest BCUT2D eigenvalue weighted by molar-refractivity contribution is 0.789. The molecule has 0 radical (unpaired) electrons. The number of aromatic nitrogens is 1. The Morgan fingerprint density at radius 1 is 1.31 bits per heavy atom. The maximum atomic E-state index is 4.19. The van der Waals surface area contributed by atoms with E-state index in [1.54, 1.807) is 0 Å². The zero-order chi connectivity index (χ0) is 9.68. The topological polar surface area (TPSA) is 16.1 Å². The maximum absolute atomic E-state index is 4.19. The van der Waals surface area contributed by atoms with E-state index in [-0.39, 0.29) is 0 Å². The van der Waals surface area contributed by atoms with Gasteiger partial charge in [-0.2, -0.15) is 0 Å². The molecule has 0 aliphatic carbocycles. The van der Waals surface area contributed by atoms with E-state index < -0.39 is 0 Å². The fraction of sp³-hybridized carbons (Fsp3) is 0.545. The van der Waals surface area contributed by atoms with Gasteiger partial charge in [0.15, 0.2) is 0 Å². The van der Waals surface area contributed by atoms with Crippen molar-refractivity contribution in [1.29, 1.82) is 0 Å². The van der Waals surface area contributed by atoms with E-state index in [0.717, 1.165) is 13.1 Å². The molecule has 0 spiro atoms. The minimum atomic E-state index is 1.05. The summed E-state index contributed by atoms with van der Waals surface area (Å²) < 4.78 is 0. The zero-order valence-corrected chi connectivity index (χ0v) is 8.75. The van der Waals surface area contributed by atoms with E-state index in [0.29, 0.717) is 0 Å². The number of hydrogen-bond donors (Lipinski definition) is 0. The van der Waals surface area contributed by atoms with Crippen LogP contribution in [0.4, 0.5) is 5.69 Å². The minimum Gasteiger partial charge on any atom is -0.371 e. The molecule has 0 saturated carbocycles. The number of aryl methyl sites for hydroxylation is 1. The first-order valence-electron chi connectivity index (χ1n) is 4.94. The van der Waals surface area contributed by atoms with Crippen LogP contribution in [-0.4, -0.2) is 18.1 Å². The Kier molecular flexibility index (Phi) is 3.74. The standard InChI is InChI=1S/C11H18N2/c1-4-6-13(5-2)11-7-10(3)8-12-9-11/h7-9H,4-6H2,1-3H3. The lowest BCUT2D eigenvalue weighted by Gasteiger charge is -2.22. The van der Waals surface area contributed by atoms with Crippen molar-refractivity contribution >= 4 is 5.69 Å². The highest BCUT2D eigenvalue weighted by Gasteiger charge is 2.02. The number of pyridine rings is 1. The van der Waals surface area contributed by atoms with Crippen LogP contribution in [0.15, 0.2) is 18.5 Å². The summed E-state index contributed by atoms with van der Waals surface area (Å²) in [5.41, 5.74) is 2.47. The second-order valence-corrected chi connectivity index (χ2v) is 3.30. The van der Waals surface area contributed by atoms with Gasteiger partial charge in [-0.15, -0.1) is 0 Å². The van der Waals surface area contributed by atoms with Crippen LogP contribution in [0.25, 0.3) is 0 Å². The molecule has 0 unspecified atom stereocenters. The molecule has 13 heavy (non-hydrogen) atoms. The molecule has 0 N–H and O–H groups in total. The van der Waals surface area contributed by atoms with Crippen molar-refractivity contribution in [3.8, 4) is 0 Å². The molecule has 0 aliphatic heterocycles. The quantitative estimate of drug-likeness (QED) is 0.704. The number of rotatable bonds is 4. The lowest BCUT2D eigenvalue weighted by atomic mass is 10.2. The zero-order valence-electron chi connectivity index (χ0n) is 8.75. The number of nitrogens with zero attached hydrogens (tertiary/aromatic N) is 2. The molecule has 1 heterocycles. The third-order valence-corrected chi connectivity index (χ3v) is 2.10. The van der Waals surface area contributed by atoms with Gasteiger partial charge >= 0.3 is 0 Å². The second-order valence-electron chi connectivity index (χ2n) is 3.30. The van der Waals surface area contributed by atoms with Gasteiger partial charge in [-0.3, -0.25) is 4.98 Å². The van der Waals surface area contributed by atoms with Crippen LogP contribution in [-0.2, 0) is 0 Å². The lowest BCUT2D eigenvalue weighted by Crippen LogP contribution is -2.23. The molecular weight excluding hydrogens is 160 g/mol. The monoisotopic (exact) mass is 178 g/mol. The highest BCUT2D eigenvalue weighted by atomic mass is 15.1. The first kappa shape index (κ1) is 10.0. The van der Waals surface area contributed by atoms with Crippen LogP contribution >= 0.6 is 0 Å². The second kappa shape index (κ2) is 4.85. The van der Waals surface area contributed by atoms with Crippen molar-refractivity contribution in [3.63, 3.8) is 0 Å². The molecule has 2 nitrogen and oxygen atoms in total. The van der Waals surface area contributed by atoms with E-state index in [1.165, 1.54) is 17.7 Å². The highest BCUT2D eigenvalue weighted by Crippen LogP contribution is 2.13.